The molecule has 1 unspecified atom stereocenters. The molecule has 0 bridgehead atoms. The number of carboxylic acids is 1. The molecule has 1 fully saturated rings. The molecule has 1 aromatic rings. The Hall–Kier alpha value is -1.56. The summed E-state index contributed by atoms with van der Waals surface area (Å²) in [4.78, 5) is 12.9. The molecule has 1 aliphatic heterocycles. The molecule has 0 spiro atoms. The van der Waals surface area contributed by atoms with E-state index >= 15 is 0 Å². The zero-order chi connectivity index (χ0) is 14.2. The molecule has 1 heterocycles. The lowest BCUT2D eigenvalue weighted by Crippen LogP contribution is -2.31. The minimum atomic E-state index is -1.49. The lowest BCUT2D eigenvalue weighted by molar-refractivity contribution is -0.147. The van der Waals surface area contributed by atoms with Crippen molar-refractivity contribution in [2.75, 3.05) is 13.1 Å². The molecule has 0 aliphatic carbocycles. The predicted octanol–water partition coefficient (Wildman–Crippen LogP) is 2.40. The van der Waals surface area contributed by atoms with E-state index in [-0.39, 0.29) is 6.54 Å². The summed E-state index contributed by atoms with van der Waals surface area (Å²) in [6.07, 6.45) is 0.481. The highest BCUT2D eigenvalue weighted by Gasteiger charge is 2.40. The number of nitrogens with zero attached hydrogens (tertiary/aromatic N) is 1. The van der Waals surface area contributed by atoms with Gasteiger partial charge in [0.25, 0.3) is 0 Å². The first-order valence-corrected chi connectivity index (χ1v) is 5.91. The average Bonchev–Trinajstić information content (AvgIpc) is 2.69. The highest BCUT2D eigenvalue weighted by atomic mass is 19.2. The number of likely N-dealkylation sites (tertiary alicyclic amines) is 1. The minimum Gasteiger partial charge on any atom is -0.481 e. The molecule has 0 aromatic heterocycles. The third kappa shape index (κ3) is 2.73. The number of aliphatic carboxylic acids is 1. The van der Waals surface area contributed by atoms with Crippen molar-refractivity contribution in [3.05, 3.63) is 35.1 Å². The second kappa shape index (κ2) is 4.85. The Kier molecular flexibility index (Phi) is 3.54. The summed E-state index contributed by atoms with van der Waals surface area (Å²) in [6, 6.07) is 1.88. The second-order valence-corrected chi connectivity index (χ2v) is 5.20. The van der Waals surface area contributed by atoms with Crippen molar-refractivity contribution >= 4 is 5.97 Å². The van der Waals surface area contributed by atoms with Crippen molar-refractivity contribution in [2.24, 2.45) is 5.41 Å². The van der Waals surface area contributed by atoms with Crippen LogP contribution in [0.1, 0.15) is 18.9 Å². The Morgan fingerprint density at radius 3 is 2.42 bits per heavy atom. The summed E-state index contributed by atoms with van der Waals surface area (Å²) in [6.45, 7) is 2.69. The summed E-state index contributed by atoms with van der Waals surface area (Å²) in [5, 5.41) is 9.08. The van der Waals surface area contributed by atoms with E-state index in [1.54, 1.807) is 11.8 Å². The van der Waals surface area contributed by atoms with Crippen LogP contribution in [0.2, 0.25) is 0 Å². The van der Waals surface area contributed by atoms with Crippen LogP contribution in [0.25, 0.3) is 0 Å². The molecule has 2 rings (SSSR count). The quantitative estimate of drug-likeness (QED) is 0.860. The summed E-state index contributed by atoms with van der Waals surface area (Å²) in [5.41, 5.74) is -0.539. The van der Waals surface area contributed by atoms with Gasteiger partial charge in [-0.25, -0.2) is 13.2 Å². The molecule has 19 heavy (non-hydrogen) atoms. The molecule has 6 heteroatoms. The maximum Gasteiger partial charge on any atom is 0.310 e. The monoisotopic (exact) mass is 273 g/mol. The lowest BCUT2D eigenvalue weighted by atomic mass is 9.90. The number of benzene rings is 1. The Morgan fingerprint density at radius 1 is 1.37 bits per heavy atom. The van der Waals surface area contributed by atoms with Gasteiger partial charge in [-0.15, -0.1) is 0 Å². The maximum absolute atomic E-state index is 13.1. The van der Waals surface area contributed by atoms with E-state index in [1.165, 1.54) is 0 Å². The summed E-state index contributed by atoms with van der Waals surface area (Å²) in [5.74, 6) is -4.82. The molecule has 1 aromatic carbocycles. The maximum atomic E-state index is 13.1. The first kappa shape index (κ1) is 13.9. The summed E-state index contributed by atoms with van der Waals surface area (Å²) in [7, 11) is 0. The van der Waals surface area contributed by atoms with E-state index in [0.717, 1.165) is 12.1 Å². The van der Waals surface area contributed by atoms with Crippen molar-refractivity contribution < 1.29 is 23.1 Å². The normalized spacial score (nSPS) is 23.8. The van der Waals surface area contributed by atoms with Crippen LogP contribution < -0.4 is 0 Å². The van der Waals surface area contributed by atoms with Gasteiger partial charge in [0.15, 0.2) is 17.5 Å². The van der Waals surface area contributed by atoms with Gasteiger partial charge in [0.2, 0.25) is 0 Å². The molecule has 0 saturated carbocycles. The molecule has 1 N–H and O–H groups in total. The zero-order valence-electron chi connectivity index (χ0n) is 10.4. The van der Waals surface area contributed by atoms with Gasteiger partial charge in [0.05, 0.1) is 5.41 Å². The van der Waals surface area contributed by atoms with Crippen molar-refractivity contribution in [1.29, 1.82) is 0 Å². The molecule has 1 aliphatic rings. The first-order valence-electron chi connectivity index (χ1n) is 5.91. The van der Waals surface area contributed by atoms with Crippen LogP contribution in [0.15, 0.2) is 12.1 Å². The topological polar surface area (TPSA) is 40.5 Å². The number of hydrogen-bond donors (Lipinski definition) is 1. The number of carbonyl (C=O) groups is 1. The number of carboxylic acid groups (broad SMARTS) is 1. The molecular weight excluding hydrogens is 259 g/mol. The van der Waals surface area contributed by atoms with Gasteiger partial charge in [-0.05, 0) is 37.6 Å². The highest BCUT2D eigenvalue weighted by Crippen LogP contribution is 2.31. The first-order chi connectivity index (χ1) is 8.82. The van der Waals surface area contributed by atoms with Crippen LogP contribution in [0, 0.1) is 22.9 Å². The lowest BCUT2D eigenvalue weighted by Gasteiger charge is -2.20. The van der Waals surface area contributed by atoms with E-state index < -0.39 is 28.8 Å². The Balaban J connectivity index is 2.10. The van der Waals surface area contributed by atoms with Crippen LogP contribution >= 0.6 is 0 Å². The van der Waals surface area contributed by atoms with Crippen LogP contribution in [-0.2, 0) is 11.3 Å². The molecule has 1 atom stereocenters. The largest absolute Gasteiger partial charge is 0.481 e. The molecule has 3 nitrogen and oxygen atoms in total. The molecule has 0 amide bonds. The van der Waals surface area contributed by atoms with Crippen LogP contribution in [0.3, 0.4) is 0 Å². The third-order valence-electron chi connectivity index (χ3n) is 3.52. The van der Waals surface area contributed by atoms with Gasteiger partial charge in [-0.3, -0.25) is 9.69 Å². The summed E-state index contributed by atoms with van der Waals surface area (Å²) >= 11 is 0. The fourth-order valence-electron chi connectivity index (χ4n) is 2.32. The average molecular weight is 273 g/mol. The van der Waals surface area contributed by atoms with Crippen molar-refractivity contribution in [1.82, 2.24) is 4.90 Å². The smallest absolute Gasteiger partial charge is 0.310 e. The number of hydrogen-bond acceptors (Lipinski definition) is 2. The second-order valence-electron chi connectivity index (χ2n) is 5.20. The molecule has 1 saturated heterocycles. The fraction of sp³-hybridized carbons (Fsp3) is 0.462. The molecule has 104 valence electrons. The minimum absolute atomic E-state index is 0.205. The fourth-order valence-corrected chi connectivity index (χ4v) is 2.32. The van der Waals surface area contributed by atoms with E-state index in [2.05, 4.69) is 0 Å². The van der Waals surface area contributed by atoms with Gasteiger partial charge < -0.3 is 5.11 Å². The van der Waals surface area contributed by atoms with Crippen molar-refractivity contribution in [2.45, 2.75) is 19.9 Å². The van der Waals surface area contributed by atoms with Crippen molar-refractivity contribution in [3.8, 4) is 0 Å². The highest BCUT2D eigenvalue weighted by molar-refractivity contribution is 5.74. The van der Waals surface area contributed by atoms with Crippen LogP contribution in [-0.4, -0.2) is 29.1 Å². The van der Waals surface area contributed by atoms with E-state index in [4.69, 9.17) is 5.11 Å². The molecule has 0 radical (unpaired) electrons. The van der Waals surface area contributed by atoms with Gasteiger partial charge in [0, 0.05) is 13.1 Å². The van der Waals surface area contributed by atoms with Gasteiger partial charge in [0.1, 0.15) is 0 Å². The SMILES string of the molecule is CC1(C(=O)O)CCN(Cc2cc(F)c(F)c(F)c2)C1. The van der Waals surface area contributed by atoms with E-state index in [0.29, 0.717) is 25.1 Å². The Morgan fingerprint density at radius 2 is 1.95 bits per heavy atom. The van der Waals surface area contributed by atoms with Gasteiger partial charge in [-0.2, -0.15) is 0 Å². The predicted molar refractivity (Wildman–Crippen MR) is 62.0 cm³/mol. The Labute approximate surface area is 108 Å². The van der Waals surface area contributed by atoms with Crippen LogP contribution in [0.4, 0.5) is 13.2 Å². The molecular formula is C13H14F3NO2. The standard InChI is InChI=1S/C13H14F3NO2/c1-13(12(18)19)2-3-17(7-13)6-8-4-9(14)11(16)10(15)5-8/h4-5H,2-3,6-7H2,1H3,(H,18,19). The number of rotatable bonds is 3. The Bertz CT molecular complexity index is 498. The van der Waals surface area contributed by atoms with E-state index in [9.17, 15) is 18.0 Å². The summed E-state index contributed by atoms with van der Waals surface area (Å²) < 4.78 is 38.9. The van der Waals surface area contributed by atoms with Crippen molar-refractivity contribution in [3.63, 3.8) is 0 Å². The number of halogens is 3. The van der Waals surface area contributed by atoms with E-state index in [1.807, 2.05) is 0 Å². The van der Waals surface area contributed by atoms with Crippen LogP contribution in [0.5, 0.6) is 0 Å². The van der Waals surface area contributed by atoms with Gasteiger partial charge >= 0.3 is 5.97 Å². The zero-order valence-corrected chi connectivity index (χ0v) is 10.4. The van der Waals surface area contributed by atoms with Gasteiger partial charge in [-0.1, -0.05) is 0 Å². The third-order valence-corrected chi connectivity index (χ3v) is 3.52.